The van der Waals surface area contributed by atoms with Crippen LogP contribution in [0.2, 0.25) is 19.6 Å². The Bertz CT molecular complexity index is 904. The van der Waals surface area contributed by atoms with Crippen molar-refractivity contribution < 1.29 is 4.57 Å². The summed E-state index contributed by atoms with van der Waals surface area (Å²) in [6.07, 6.45) is 3.27. The second kappa shape index (κ2) is 6.17. The normalized spacial score (nSPS) is 11.9. The number of fused-ring (bicyclic) bond motifs is 1. The molecule has 0 fully saturated rings. The third kappa shape index (κ3) is 3.03. The molecule has 0 aliphatic heterocycles. The summed E-state index contributed by atoms with van der Waals surface area (Å²) in [7, 11) is 0.859. The average molecular weight is 335 g/mol. The van der Waals surface area contributed by atoms with E-state index in [9.17, 15) is 0 Å². The molecular formula is C22H28NSi+. The van der Waals surface area contributed by atoms with Gasteiger partial charge in [0.05, 0.1) is 13.5 Å². The summed E-state index contributed by atoms with van der Waals surface area (Å²) < 4.78 is 2.26. The molecule has 0 atom stereocenters. The second-order valence-electron chi connectivity index (χ2n) is 7.83. The van der Waals surface area contributed by atoms with E-state index in [1.807, 2.05) is 0 Å². The Labute approximate surface area is 147 Å². The Morgan fingerprint density at radius 2 is 1.71 bits per heavy atom. The summed E-state index contributed by atoms with van der Waals surface area (Å²) in [4.78, 5) is 0. The Kier molecular flexibility index (Phi) is 4.35. The molecule has 0 amide bonds. The summed E-state index contributed by atoms with van der Waals surface area (Å²) in [5.41, 5.74) is 5.40. The van der Waals surface area contributed by atoms with E-state index in [1.54, 1.807) is 0 Å². The Balaban J connectivity index is 2.30. The lowest BCUT2D eigenvalue weighted by atomic mass is 9.97. The smallest absolute Gasteiger partial charge is 0.200 e. The van der Waals surface area contributed by atoms with Gasteiger partial charge in [0.2, 0.25) is 5.69 Å². The predicted octanol–water partition coefficient (Wildman–Crippen LogP) is 4.75. The van der Waals surface area contributed by atoms with E-state index in [2.05, 4.69) is 93.8 Å². The van der Waals surface area contributed by atoms with E-state index in [1.165, 1.54) is 38.3 Å². The molecule has 0 aliphatic carbocycles. The van der Waals surface area contributed by atoms with Crippen LogP contribution in [0.4, 0.5) is 0 Å². The highest BCUT2D eigenvalue weighted by Crippen LogP contribution is 2.28. The minimum absolute atomic E-state index is 1.07. The molecule has 0 radical (unpaired) electrons. The zero-order chi connectivity index (χ0) is 17.5. The maximum atomic E-state index is 2.41. The minimum Gasteiger partial charge on any atom is -0.200 e. The van der Waals surface area contributed by atoms with Gasteiger partial charge in [-0.25, -0.2) is 4.57 Å². The van der Waals surface area contributed by atoms with Gasteiger partial charge in [0.1, 0.15) is 7.05 Å². The number of rotatable bonds is 3. The molecule has 1 heterocycles. The van der Waals surface area contributed by atoms with Crippen LogP contribution >= 0.6 is 0 Å². The molecule has 0 saturated carbocycles. The van der Waals surface area contributed by atoms with Crippen molar-refractivity contribution in [2.45, 2.75) is 39.9 Å². The van der Waals surface area contributed by atoms with E-state index in [-0.39, 0.29) is 0 Å². The van der Waals surface area contributed by atoms with Crippen molar-refractivity contribution in [3.63, 3.8) is 0 Å². The first-order chi connectivity index (χ1) is 11.3. The molecule has 2 heteroatoms. The first-order valence-electron chi connectivity index (χ1n) is 8.84. The molecule has 0 aliphatic rings. The number of aromatic nitrogens is 1. The van der Waals surface area contributed by atoms with Crippen molar-refractivity contribution in [2.24, 2.45) is 7.05 Å². The standard InChI is InChI=1S/C22H28NSi/c1-7-17-9-8-16(2)21(14-17)22-20-11-10-19(24(4,5)6)15-18(20)12-13-23(22)3/h8-15H,7H2,1-6H3/q+1. The van der Waals surface area contributed by atoms with Gasteiger partial charge in [0, 0.05) is 11.6 Å². The quantitative estimate of drug-likeness (QED) is 0.481. The van der Waals surface area contributed by atoms with Crippen LogP contribution in [0.25, 0.3) is 22.0 Å². The highest BCUT2D eigenvalue weighted by atomic mass is 28.3. The SMILES string of the molecule is CCc1ccc(C)c(-c2c3ccc([Si](C)(C)C)cc3cc[n+]2C)c1. The fourth-order valence-electron chi connectivity index (χ4n) is 3.32. The molecule has 3 rings (SSSR count). The number of aryl methyl sites for hydroxylation is 3. The van der Waals surface area contributed by atoms with Crippen LogP contribution in [0.1, 0.15) is 18.1 Å². The van der Waals surface area contributed by atoms with Gasteiger partial charge < -0.3 is 0 Å². The topological polar surface area (TPSA) is 3.88 Å². The Morgan fingerprint density at radius 3 is 2.38 bits per heavy atom. The van der Waals surface area contributed by atoms with E-state index >= 15 is 0 Å². The van der Waals surface area contributed by atoms with Crippen molar-refractivity contribution in [2.75, 3.05) is 0 Å². The van der Waals surface area contributed by atoms with Gasteiger partial charge in [0.15, 0.2) is 6.20 Å². The van der Waals surface area contributed by atoms with Crippen LogP contribution in [-0.4, -0.2) is 8.07 Å². The van der Waals surface area contributed by atoms with Crippen LogP contribution in [0.15, 0.2) is 48.7 Å². The predicted molar refractivity (Wildman–Crippen MR) is 108 cm³/mol. The lowest BCUT2D eigenvalue weighted by molar-refractivity contribution is -0.659. The lowest BCUT2D eigenvalue weighted by Gasteiger charge is -2.17. The molecule has 0 bridgehead atoms. The number of hydrogen-bond donors (Lipinski definition) is 0. The third-order valence-electron chi connectivity index (χ3n) is 4.97. The van der Waals surface area contributed by atoms with E-state index in [0.29, 0.717) is 0 Å². The van der Waals surface area contributed by atoms with Gasteiger partial charge in [-0.2, -0.15) is 0 Å². The largest absolute Gasteiger partial charge is 0.220 e. The summed E-state index contributed by atoms with van der Waals surface area (Å²) in [6.45, 7) is 11.7. The molecule has 0 N–H and O–H groups in total. The highest BCUT2D eigenvalue weighted by Gasteiger charge is 2.21. The monoisotopic (exact) mass is 334 g/mol. The van der Waals surface area contributed by atoms with E-state index in [0.717, 1.165) is 6.42 Å². The number of hydrogen-bond acceptors (Lipinski definition) is 0. The summed E-state index contributed by atoms with van der Waals surface area (Å²) in [5, 5.41) is 4.22. The molecule has 124 valence electrons. The van der Waals surface area contributed by atoms with E-state index in [4.69, 9.17) is 0 Å². The first-order valence-corrected chi connectivity index (χ1v) is 12.3. The molecular weight excluding hydrogens is 306 g/mol. The Morgan fingerprint density at radius 1 is 0.958 bits per heavy atom. The number of pyridine rings is 1. The molecule has 0 saturated heterocycles. The van der Waals surface area contributed by atoms with Crippen LogP contribution < -0.4 is 9.75 Å². The van der Waals surface area contributed by atoms with Crippen LogP contribution in [0.3, 0.4) is 0 Å². The van der Waals surface area contributed by atoms with Crippen molar-refractivity contribution in [1.29, 1.82) is 0 Å². The fourth-order valence-corrected chi connectivity index (χ4v) is 4.49. The van der Waals surface area contributed by atoms with Gasteiger partial charge in [-0.3, -0.25) is 0 Å². The third-order valence-corrected chi connectivity index (χ3v) is 7.01. The fraction of sp³-hybridized carbons (Fsp3) is 0.318. The molecule has 0 unspecified atom stereocenters. The molecule has 0 spiro atoms. The van der Waals surface area contributed by atoms with Gasteiger partial charge in [0.25, 0.3) is 0 Å². The van der Waals surface area contributed by atoms with Gasteiger partial charge in [-0.1, -0.05) is 56.0 Å². The second-order valence-corrected chi connectivity index (χ2v) is 12.9. The van der Waals surface area contributed by atoms with Crippen LogP contribution in [-0.2, 0) is 13.5 Å². The van der Waals surface area contributed by atoms with Crippen molar-refractivity contribution in [3.05, 3.63) is 59.8 Å². The van der Waals surface area contributed by atoms with Crippen molar-refractivity contribution >= 4 is 24.0 Å². The highest BCUT2D eigenvalue weighted by molar-refractivity contribution is 6.88. The minimum atomic E-state index is -1.29. The van der Waals surface area contributed by atoms with Gasteiger partial charge in [-0.15, -0.1) is 0 Å². The molecule has 1 aromatic heterocycles. The molecule has 2 aromatic carbocycles. The van der Waals surface area contributed by atoms with Crippen LogP contribution in [0, 0.1) is 6.92 Å². The maximum Gasteiger partial charge on any atom is 0.220 e. The van der Waals surface area contributed by atoms with Gasteiger partial charge >= 0.3 is 0 Å². The zero-order valence-electron chi connectivity index (χ0n) is 15.8. The molecule has 24 heavy (non-hydrogen) atoms. The first kappa shape index (κ1) is 16.9. The Hall–Kier alpha value is -1.93. The van der Waals surface area contributed by atoms with Crippen molar-refractivity contribution in [1.82, 2.24) is 0 Å². The maximum absolute atomic E-state index is 2.41. The summed E-state index contributed by atoms with van der Waals surface area (Å²) in [6, 6.07) is 16.2. The molecule has 3 aromatic rings. The lowest BCUT2D eigenvalue weighted by Crippen LogP contribution is -2.37. The summed E-state index contributed by atoms with van der Waals surface area (Å²) >= 11 is 0. The molecule has 1 nitrogen and oxygen atoms in total. The van der Waals surface area contributed by atoms with Gasteiger partial charge in [-0.05, 0) is 42.0 Å². The zero-order valence-corrected chi connectivity index (χ0v) is 16.8. The van der Waals surface area contributed by atoms with Crippen molar-refractivity contribution in [3.8, 4) is 11.3 Å². The van der Waals surface area contributed by atoms with E-state index < -0.39 is 8.07 Å². The number of benzene rings is 2. The summed E-state index contributed by atoms with van der Waals surface area (Å²) in [5.74, 6) is 0. The van der Waals surface area contributed by atoms with Crippen LogP contribution in [0.5, 0.6) is 0 Å². The average Bonchev–Trinajstić information content (AvgIpc) is 2.54. The number of nitrogens with zero attached hydrogens (tertiary/aromatic N) is 1.